The monoisotopic (exact) mass is 912 g/mol. The first-order valence-electron chi connectivity index (χ1n) is 20.8. The van der Waals surface area contributed by atoms with Crippen molar-refractivity contribution >= 4 is 0 Å². The zero-order valence-corrected chi connectivity index (χ0v) is 36.5. The molecular weight excluding hydrogens is 857 g/mol. The number of fused-ring (bicyclic) bond motifs is 4. The average molecular weight is 913 g/mol. The molecule has 0 aromatic heterocycles. The van der Waals surface area contributed by atoms with E-state index in [1.165, 1.54) is 104 Å². The molecule has 0 radical (unpaired) electrons. The van der Waals surface area contributed by atoms with Crippen LogP contribution in [-0.2, 0) is 22.4 Å². The van der Waals surface area contributed by atoms with Gasteiger partial charge < -0.3 is 40.9 Å². The lowest BCUT2D eigenvalue weighted by Gasteiger charge is -2.35. The largest absolute Gasteiger partial charge is 0.382 e. The lowest BCUT2D eigenvalue weighted by molar-refractivity contribution is -0.240. The van der Waals surface area contributed by atoms with Gasteiger partial charge in [-0.05, 0) is 68.2 Å². The van der Waals surface area contributed by atoms with Crippen LogP contribution in [0.4, 0.5) is 35.1 Å². The highest BCUT2D eigenvalue weighted by Gasteiger charge is 2.69. The molecule has 8 N–H and O–H groups in total. The van der Waals surface area contributed by atoms with Crippen molar-refractivity contribution in [1.82, 2.24) is 0 Å². The SMILES string of the molecule is CC(C)[C@@]1(O)c2ccccc2[C@@H](O)C1(F)F.CC(C)[C@@]1(O)c2ccccc2[C@H](O)C1(F)F.CC(C)[C@]1(O)c2ccccc2[C@@H](O)C1(F)F.CC(C)[C@]1(O)c2ccccc2[C@H](O)C1(F)F. The van der Waals surface area contributed by atoms with Crippen molar-refractivity contribution < 1.29 is 76.0 Å². The minimum atomic E-state index is -3.55. The molecule has 0 saturated carbocycles. The third kappa shape index (κ3) is 7.01. The summed E-state index contributed by atoms with van der Waals surface area (Å²) in [5, 5.41) is 79.2. The van der Waals surface area contributed by atoms with Gasteiger partial charge in [0.25, 0.3) is 0 Å². The summed E-state index contributed by atoms with van der Waals surface area (Å²) >= 11 is 0. The van der Waals surface area contributed by atoms with E-state index in [0.717, 1.165) is 0 Å². The van der Waals surface area contributed by atoms with E-state index in [4.69, 9.17) is 0 Å². The van der Waals surface area contributed by atoms with Gasteiger partial charge in [0.05, 0.1) is 0 Å². The quantitative estimate of drug-likeness (QED) is 0.0943. The van der Waals surface area contributed by atoms with Gasteiger partial charge in [0.1, 0.15) is 24.4 Å². The van der Waals surface area contributed by atoms with Crippen molar-refractivity contribution in [2.75, 3.05) is 0 Å². The molecular formula is C48H56F8O8. The molecule has 0 spiro atoms. The molecule has 16 heteroatoms. The molecule has 0 heterocycles. The smallest absolute Gasteiger partial charge is 0.309 e. The van der Waals surface area contributed by atoms with Crippen LogP contribution in [0.5, 0.6) is 0 Å². The summed E-state index contributed by atoms with van der Waals surface area (Å²) in [4.78, 5) is 0. The second-order valence-electron chi connectivity index (χ2n) is 18.1. The van der Waals surface area contributed by atoms with E-state index in [-0.39, 0.29) is 44.5 Å². The van der Waals surface area contributed by atoms with Crippen LogP contribution in [0, 0.1) is 23.7 Å². The highest BCUT2D eigenvalue weighted by atomic mass is 19.3. The lowest BCUT2D eigenvalue weighted by Crippen LogP contribution is -2.47. The molecule has 4 aliphatic rings. The van der Waals surface area contributed by atoms with Crippen LogP contribution >= 0.6 is 0 Å². The summed E-state index contributed by atoms with van der Waals surface area (Å²) in [6.07, 6.45) is -7.74. The van der Waals surface area contributed by atoms with Crippen LogP contribution in [0.25, 0.3) is 0 Å². The molecule has 4 aliphatic carbocycles. The highest BCUT2D eigenvalue weighted by Crippen LogP contribution is 2.60. The number of benzene rings is 4. The Bertz CT molecular complexity index is 1990. The maximum atomic E-state index is 13.9. The topological polar surface area (TPSA) is 162 Å². The van der Waals surface area contributed by atoms with Crippen LogP contribution < -0.4 is 0 Å². The van der Waals surface area contributed by atoms with Crippen molar-refractivity contribution in [1.29, 1.82) is 0 Å². The van der Waals surface area contributed by atoms with Gasteiger partial charge in [0.15, 0.2) is 22.4 Å². The predicted octanol–water partition coefficient (Wildman–Crippen LogP) is 8.85. The Morgan fingerprint density at radius 2 is 0.453 bits per heavy atom. The molecule has 4 aromatic rings. The number of hydrogen-bond acceptors (Lipinski definition) is 8. The van der Waals surface area contributed by atoms with Gasteiger partial charge in [-0.15, -0.1) is 0 Å². The Morgan fingerprint density at radius 1 is 0.312 bits per heavy atom. The second kappa shape index (κ2) is 17.0. The Morgan fingerprint density at radius 3 is 0.594 bits per heavy atom. The fourth-order valence-corrected chi connectivity index (χ4v) is 9.45. The molecule has 64 heavy (non-hydrogen) atoms. The van der Waals surface area contributed by atoms with Gasteiger partial charge >= 0.3 is 23.7 Å². The van der Waals surface area contributed by atoms with Crippen LogP contribution in [0.1, 0.15) is 124 Å². The van der Waals surface area contributed by atoms with Crippen molar-refractivity contribution in [2.24, 2.45) is 23.7 Å². The first-order valence-corrected chi connectivity index (χ1v) is 20.8. The summed E-state index contributed by atoms with van der Waals surface area (Å²) < 4.78 is 111. The standard InChI is InChI=1S/4C12H14F2O2/c4*1-7(2)11(16)9-6-4-3-5-8(9)10(15)12(11,13)14/h4*3-7,10,15-16H,1-2H3/t2*10-,11+;2*10-,11-/m1010/s1. The van der Waals surface area contributed by atoms with Gasteiger partial charge in [-0.1, -0.05) is 152 Å². The maximum Gasteiger partial charge on any atom is 0.309 e. The molecule has 8 rings (SSSR count). The van der Waals surface area contributed by atoms with Crippen molar-refractivity contribution in [2.45, 2.75) is 126 Å². The van der Waals surface area contributed by atoms with Crippen LogP contribution in [0.15, 0.2) is 97.1 Å². The molecule has 0 amide bonds. The summed E-state index contributed by atoms with van der Waals surface area (Å²) in [7, 11) is 0. The number of hydrogen-bond donors (Lipinski definition) is 8. The first kappa shape index (κ1) is 51.0. The number of aliphatic hydroxyl groups excluding tert-OH is 4. The predicted molar refractivity (Wildman–Crippen MR) is 220 cm³/mol. The van der Waals surface area contributed by atoms with Crippen molar-refractivity contribution in [3.8, 4) is 0 Å². The molecule has 8 atom stereocenters. The lowest BCUT2D eigenvalue weighted by atomic mass is 9.82. The summed E-state index contributed by atoms with van der Waals surface area (Å²) in [5.74, 6) is -16.9. The van der Waals surface area contributed by atoms with Gasteiger partial charge in [-0.25, -0.2) is 0 Å². The number of rotatable bonds is 4. The molecule has 0 aliphatic heterocycles. The molecule has 8 nitrogen and oxygen atoms in total. The summed E-state index contributed by atoms with van der Waals surface area (Å²) in [5.41, 5.74) is -8.19. The number of halogens is 8. The highest BCUT2D eigenvalue weighted by molar-refractivity contribution is 5.47. The normalized spacial score (nSPS) is 31.8. The van der Waals surface area contributed by atoms with Gasteiger partial charge in [0, 0.05) is 0 Å². The van der Waals surface area contributed by atoms with Crippen molar-refractivity contribution in [3.05, 3.63) is 142 Å². The Hall–Kier alpha value is -4.00. The van der Waals surface area contributed by atoms with E-state index in [2.05, 4.69) is 0 Å². The minimum Gasteiger partial charge on any atom is -0.382 e. The molecule has 4 aromatic carbocycles. The van der Waals surface area contributed by atoms with E-state index in [9.17, 15) is 76.0 Å². The minimum absolute atomic E-state index is 0.115. The Balaban J connectivity index is 0.000000161. The molecule has 0 fully saturated rings. The molecule has 0 saturated heterocycles. The van der Waals surface area contributed by atoms with E-state index < -0.39 is 94.2 Å². The Kier molecular flexibility index (Phi) is 13.6. The third-order valence-electron chi connectivity index (χ3n) is 13.4. The number of alkyl halides is 8. The number of aliphatic hydroxyl groups is 8. The van der Waals surface area contributed by atoms with Gasteiger partial charge in [-0.2, -0.15) is 35.1 Å². The van der Waals surface area contributed by atoms with Crippen LogP contribution in [0.3, 0.4) is 0 Å². The van der Waals surface area contributed by atoms with Gasteiger partial charge in [0.2, 0.25) is 0 Å². The van der Waals surface area contributed by atoms with Crippen LogP contribution in [0.2, 0.25) is 0 Å². The fourth-order valence-electron chi connectivity index (χ4n) is 9.45. The van der Waals surface area contributed by atoms with Gasteiger partial charge in [-0.3, -0.25) is 0 Å². The summed E-state index contributed by atoms with van der Waals surface area (Å²) in [6.45, 7) is 12.1. The summed E-state index contributed by atoms with van der Waals surface area (Å²) in [6, 6.07) is 24.1. The maximum absolute atomic E-state index is 13.9. The van der Waals surface area contributed by atoms with E-state index in [1.807, 2.05) is 0 Å². The third-order valence-corrected chi connectivity index (χ3v) is 13.4. The van der Waals surface area contributed by atoms with E-state index in [0.29, 0.717) is 0 Å². The van der Waals surface area contributed by atoms with E-state index in [1.54, 1.807) is 48.5 Å². The zero-order valence-electron chi connectivity index (χ0n) is 36.5. The molecule has 352 valence electrons. The van der Waals surface area contributed by atoms with E-state index >= 15 is 0 Å². The first-order chi connectivity index (χ1) is 29.3. The Labute approximate surface area is 366 Å². The van der Waals surface area contributed by atoms with Crippen molar-refractivity contribution in [3.63, 3.8) is 0 Å². The zero-order chi connectivity index (χ0) is 48.6. The molecule has 0 bridgehead atoms. The average Bonchev–Trinajstić information content (AvgIpc) is 3.67. The fraction of sp³-hybridized carbons (Fsp3) is 0.500. The molecule has 0 unspecified atom stereocenters. The second-order valence-corrected chi connectivity index (χ2v) is 18.1. The van der Waals surface area contributed by atoms with Crippen LogP contribution in [-0.4, -0.2) is 64.5 Å².